The van der Waals surface area contributed by atoms with Crippen LogP contribution < -0.4 is 0 Å². The quantitative estimate of drug-likeness (QED) is 0.683. The molecule has 0 radical (unpaired) electrons. The summed E-state index contributed by atoms with van der Waals surface area (Å²) in [5, 5.41) is 5.80. The highest BCUT2D eigenvalue weighted by Gasteiger charge is 2.18. The van der Waals surface area contributed by atoms with Crippen LogP contribution in [0.15, 0.2) is 36.0 Å². The van der Waals surface area contributed by atoms with Crippen LogP contribution in [0.1, 0.15) is 64.0 Å². The van der Waals surface area contributed by atoms with Gasteiger partial charge in [0.15, 0.2) is 0 Å². The number of hydrogen-bond acceptors (Lipinski definition) is 1. The number of allylic oxidation sites excluding steroid dienone is 2. The first-order chi connectivity index (χ1) is 9.69. The lowest BCUT2D eigenvalue weighted by Gasteiger charge is -2.24. The molecule has 0 N–H and O–H groups in total. The standard InChI is InChI=1S/C18H24N2/c1-4-14-5-7-15(8-6-14)16-9-10-18-17(11-16)12-19-20(18)13(2)3/h4,9-13,15H,5-8H2,1-3H3. The van der Waals surface area contributed by atoms with E-state index in [1.807, 2.05) is 6.20 Å². The molecule has 106 valence electrons. The van der Waals surface area contributed by atoms with Gasteiger partial charge in [-0.1, -0.05) is 17.7 Å². The Morgan fingerprint density at radius 1 is 1.25 bits per heavy atom. The lowest BCUT2D eigenvalue weighted by atomic mass is 9.81. The van der Waals surface area contributed by atoms with Gasteiger partial charge in [-0.2, -0.15) is 5.10 Å². The Bertz CT molecular complexity index is 624. The van der Waals surface area contributed by atoms with Gasteiger partial charge in [0.2, 0.25) is 0 Å². The Kier molecular flexibility index (Phi) is 3.64. The van der Waals surface area contributed by atoms with E-state index in [0.717, 1.165) is 5.92 Å². The Morgan fingerprint density at radius 2 is 2.00 bits per heavy atom. The van der Waals surface area contributed by atoms with Crippen molar-refractivity contribution in [3.05, 3.63) is 41.6 Å². The zero-order chi connectivity index (χ0) is 14.1. The van der Waals surface area contributed by atoms with Crippen molar-refractivity contribution in [2.24, 2.45) is 0 Å². The molecule has 1 aliphatic carbocycles. The van der Waals surface area contributed by atoms with Gasteiger partial charge in [-0.05, 0) is 70.1 Å². The van der Waals surface area contributed by atoms with Gasteiger partial charge >= 0.3 is 0 Å². The third-order valence-electron chi connectivity index (χ3n) is 4.62. The Balaban J connectivity index is 1.87. The second-order valence-corrected chi connectivity index (χ2v) is 6.22. The predicted molar refractivity (Wildman–Crippen MR) is 85.1 cm³/mol. The fraction of sp³-hybridized carbons (Fsp3) is 0.500. The molecule has 0 amide bonds. The minimum Gasteiger partial charge on any atom is -0.262 e. The molecule has 0 spiro atoms. The zero-order valence-corrected chi connectivity index (χ0v) is 12.8. The van der Waals surface area contributed by atoms with Gasteiger partial charge in [0.1, 0.15) is 0 Å². The normalized spacial score (nSPS) is 19.8. The monoisotopic (exact) mass is 268 g/mol. The van der Waals surface area contributed by atoms with Crippen LogP contribution in [0.2, 0.25) is 0 Å². The van der Waals surface area contributed by atoms with E-state index in [9.17, 15) is 0 Å². The van der Waals surface area contributed by atoms with E-state index < -0.39 is 0 Å². The summed E-state index contributed by atoms with van der Waals surface area (Å²) >= 11 is 0. The third kappa shape index (κ3) is 2.39. The number of nitrogens with zero attached hydrogens (tertiary/aromatic N) is 2. The molecule has 0 unspecified atom stereocenters. The average Bonchev–Trinajstić information content (AvgIpc) is 2.90. The molecule has 0 aliphatic heterocycles. The summed E-state index contributed by atoms with van der Waals surface area (Å²) in [5.74, 6) is 0.727. The molecule has 1 aromatic heterocycles. The number of hydrogen-bond donors (Lipinski definition) is 0. The second-order valence-electron chi connectivity index (χ2n) is 6.22. The summed E-state index contributed by atoms with van der Waals surface area (Å²) in [6, 6.07) is 7.34. The van der Waals surface area contributed by atoms with Crippen LogP contribution in [0, 0.1) is 0 Å². The molecule has 20 heavy (non-hydrogen) atoms. The minimum atomic E-state index is 0.422. The van der Waals surface area contributed by atoms with Crippen molar-refractivity contribution in [1.29, 1.82) is 0 Å². The largest absolute Gasteiger partial charge is 0.262 e. The minimum absolute atomic E-state index is 0.422. The first kappa shape index (κ1) is 13.4. The van der Waals surface area contributed by atoms with Crippen molar-refractivity contribution in [3.8, 4) is 0 Å². The van der Waals surface area contributed by atoms with Crippen LogP contribution in [-0.2, 0) is 0 Å². The van der Waals surface area contributed by atoms with Crippen LogP contribution in [0.5, 0.6) is 0 Å². The zero-order valence-electron chi connectivity index (χ0n) is 12.8. The van der Waals surface area contributed by atoms with E-state index in [-0.39, 0.29) is 0 Å². The molecule has 1 saturated carbocycles. The molecule has 3 rings (SSSR count). The molecule has 1 aromatic carbocycles. The molecule has 1 heterocycles. The van der Waals surface area contributed by atoms with Crippen LogP contribution in [0.25, 0.3) is 10.9 Å². The molecule has 2 heteroatoms. The lowest BCUT2D eigenvalue weighted by molar-refractivity contribution is 0.516. The van der Waals surface area contributed by atoms with Gasteiger partial charge in [0, 0.05) is 11.4 Å². The van der Waals surface area contributed by atoms with Crippen molar-refractivity contribution in [1.82, 2.24) is 9.78 Å². The van der Waals surface area contributed by atoms with Gasteiger partial charge in [-0.25, -0.2) is 0 Å². The first-order valence-electron chi connectivity index (χ1n) is 7.80. The molecule has 1 fully saturated rings. The van der Waals surface area contributed by atoms with Crippen molar-refractivity contribution < 1.29 is 0 Å². The van der Waals surface area contributed by atoms with Crippen molar-refractivity contribution in [2.45, 2.75) is 58.4 Å². The summed E-state index contributed by atoms with van der Waals surface area (Å²) < 4.78 is 2.11. The van der Waals surface area contributed by atoms with Crippen LogP contribution in [0.4, 0.5) is 0 Å². The van der Waals surface area contributed by atoms with Crippen LogP contribution in [0.3, 0.4) is 0 Å². The number of fused-ring (bicyclic) bond motifs is 1. The fourth-order valence-corrected chi connectivity index (χ4v) is 3.35. The average molecular weight is 268 g/mol. The molecule has 0 bridgehead atoms. The molecular weight excluding hydrogens is 244 g/mol. The van der Waals surface area contributed by atoms with Gasteiger partial charge in [0.05, 0.1) is 11.7 Å². The molecule has 1 aliphatic rings. The molecule has 2 nitrogen and oxygen atoms in total. The van der Waals surface area contributed by atoms with E-state index >= 15 is 0 Å². The smallest absolute Gasteiger partial charge is 0.0685 e. The van der Waals surface area contributed by atoms with E-state index in [0.29, 0.717) is 6.04 Å². The molecular formula is C18H24N2. The molecule has 2 aromatic rings. The first-order valence-corrected chi connectivity index (χ1v) is 7.80. The van der Waals surface area contributed by atoms with Crippen molar-refractivity contribution in [2.75, 3.05) is 0 Å². The van der Waals surface area contributed by atoms with Gasteiger partial charge < -0.3 is 0 Å². The van der Waals surface area contributed by atoms with Crippen LogP contribution >= 0.6 is 0 Å². The summed E-state index contributed by atoms with van der Waals surface area (Å²) in [6.07, 6.45) is 9.44. The third-order valence-corrected chi connectivity index (χ3v) is 4.62. The predicted octanol–water partition coefficient (Wildman–Crippen LogP) is 5.22. The maximum atomic E-state index is 4.51. The lowest BCUT2D eigenvalue weighted by Crippen LogP contribution is -2.06. The maximum absolute atomic E-state index is 4.51. The van der Waals surface area contributed by atoms with E-state index in [1.54, 1.807) is 5.57 Å². The van der Waals surface area contributed by atoms with Gasteiger partial charge in [-0.15, -0.1) is 0 Å². The van der Waals surface area contributed by atoms with E-state index in [2.05, 4.69) is 54.8 Å². The number of benzene rings is 1. The van der Waals surface area contributed by atoms with Crippen LogP contribution in [-0.4, -0.2) is 9.78 Å². The SMILES string of the molecule is CC=C1CCC(c2ccc3c(cnn3C(C)C)c2)CC1. The second kappa shape index (κ2) is 5.43. The highest BCUT2D eigenvalue weighted by atomic mass is 15.3. The highest BCUT2D eigenvalue weighted by molar-refractivity contribution is 5.79. The topological polar surface area (TPSA) is 17.8 Å². The number of rotatable bonds is 2. The Morgan fingerprint density at radius 3 is 2.65 bits per heavy atom. The summed E-state index contributed by atoms with van der Waals surface area (Å²) in [4.78, 5) is 0. The van der Waals surface area contributed by atoms with E-state index in [4.69, 9.17) is 0 Å². The summed E-state index contributed by atoms with van der Waals surface area (Å²) in [6.45, 7) is 6.53. The maximum Gasteiger partial charge on any atom is 0.0685 e. The summed E-state index contributed by atoms with van der Waals surface area (Å²) in [5.41, 5.74) is 4.39. The Hall–Kier alpha value is -1.57. The Labute approximate surface area is 121 Å². The summed E-state index contributed by atoms with van der Waals surface area (Å²) in [7, 11) is 0. The molecule has 0 saturated heterocycles. The van der Waals surface area contributed by atoms with Crippen molar-refractivity contribution in [3.63, 3.8) is 0 Å². The molecule has 0 atom stereocenters. The fourth-order valence-electron chi connectivity index (χ4n) is 3.35. The number of aromatic nitrogens is 2. The van der Waals surface area contributed by atoms with Gasteiger partial charge in [-0.3, -0.25) is 4.68 Å². The van der Waals surface area contributed by atoms with E-state index in [1.165, 1.54) is 42.1 Å². The van der Waals surface area contributed by atoms with Gasteiger partial charge in [0.25, 0.3) is 0 Å². The van der Waals surface area contributed by atoms with Crippen molar-refractivity contribution >= 4 is 10.9 Å². The highest BCUT2D eigenvalue weighted by Crippen LogP contribution is 2.36.